The second kappa shape index (κ2) is 6.59. The molecule has 0 bridgehead atoms. The van der Waals surface area contributed by atoms with Gasteiger partial charge in [0.25, 0.3) is 0 Å². The van der Waals surface area contributed by atoms with Crippen LogP contribution in [0.3, 0.4) is 0 Å². The molecule has 0 aromatic heterocycles. The normalized spacial score (nSPS) is 26.1. The molecule has 5 nitrogen and oxygen atoms in total. The van der Waals surface area contributed by atoms with Gasteiger partial charge in [-0.15, -0.1) is 0 Å². The molecule has 1 aliphatic rings. The molecular formula is C12H23N3O2. The standard InChI is InChI=1S/C12H23N3O2/c1-4-13-11(16)9(3)15-12(17)10-6-5-8(2)14-7-10/h8-10,14H,4-7H2,1-3H3,(H,13,16)(H,15,17). The Morgan fingerprint density at radius 3 is 2.65 bits per heavy atom. The van der Waals surface area contributed by atoms with Gasteiger partial charge in [0, 0.05) is 19.1 Å². The molecule has 0 saturated carbocycles. The molecule has 2 amide bonds. The van der Waals surface area contributed by atoms with Crippen molar-refractivity contribution in [1.29, 1.82) is 0 Å². The Hall–Kier alpha value is -1.10. The topological polar surface area (TPSA) is 70.2 Å². The summed E-state index contributed by atoms with van der Waals surface area (Å²) < 4.78 is 0. The maximum absolute atomic E-state index is 11.9. The van der Waals surface area contributed by atoms with E-state index in [0.29, 0.717) is 19.1 Å². The fourth-order valence-corrected chi connectivity index (χ4v) is 1.95. The van der Waals surface area contributed by atoms with Crippen LogP contribution >= 0.6 is 0 Å². The van der Waals surface area contributed by atoms with E-state index in [-0.39, 0.29) is 17.7 Å². The first-order chi connectivity index (χ1) is 8.04. The second-order valence-electron chi connectivity index (χ2n) is 4.71. The van der Waals surface area contributed by atoms with E-state index in [9.17, 15) is 9.59 Å². The Morgan fingerprint density at radius 2 is 2.12 bits per heavy atom. The molecule has 1 heterocycles. The highest BCUT2D eigenvalue weighted by atomic mass is 16.2. The van der Waals surface area contributed by atoms with Crippen LogP contribution in [0.5, 0.6) is 0 Å². The molecule has 3 unspecified atom stereocenters. The Bertz CT molecular complexity index is 273. The van der Waals surface area contributed by atoms with Crippen LogP contribution in [-0.4, -0.2) is 37.0 Å². The van der Waals surface area contributed by atoms with Crippen molar-refractivity contribution in [1.82, 2.24) is 16.0 Å². The van der Waals surface area contributed by atoms with Crippen LogP contribution in [0.2, 0.25) is 0 Å². The summed E-state index contributed by atoms with van der Waals surface area (Å²) in [5.74, 6) is -0.163. The molecule has 3 N–H and O–H groups in total. The molecule has 1 rings (SSSR count). The summed E-state index contributed by atoms with van der Waals surface area (Å²) in [5, 5.41) is 8.73. The number of hydrogen-bond acceptors (Lipinski definition) is 3. The molecule has 3 atom stereocenters. The van der Waals surface area contributed by atoms with Gasteiger partial charge in [-0.25, -0.2) is 0 Å². The first kappa shape index (κ1) is 14.0. The monoisotopic (exact) mass is 241 g/mol. The Morgan fingerprint density at radius 1 is 1.41 bits per heavy atom. The van der Waals surface area contributed by atoms with E-state index in [1.165, 1.54) is 0 Å². The Kier molecular flexibility index (Phi) is 5.41. The maximum atomic E-state index is 11.9. The molecule has 0 aliphatic carbocycles. The van der Waals surface area contributed by atoms with Gasteiger partial charge in [-0.05, 0) is 33.6 Å². The summed E-state index contributed by atoms with van der Waals surface area (Å²) in [4.78, 5) is 23.4. The van der Waals surface area contributed by atoms with E-state index < -0.39 is 6.04 Å². The number of nitrogens with one attached hydrogen (secondary N) is 3. The maximum Gasteiger partial charge on any atom is 0.242 e. The first-order valence-corrected chi connectivity index (χ1v) is 6.36. The van der Waals surface area contributed by atoms with Crippen LogP contribution in [0.25, 0.3) is 0 Å². The van der Waals surface area contributed by atoms with Gasteiger partial charge in [0.05, 0.1) is 5.92 Å². The largest absolute Gasteiger partial charge is 0.355 e. The number of carbonyl (C=O) groups excluding carboxylic acids is 2. The fraction of sp³-hybridized carbons (Fsp3) is 0.833. The molecule has 98 valence electrons. The van der Waals surface area contributed by atoms with Crippen LogP contribution in [0.15, 0.2) is 0 Å². The summed E-state index contributed by atoms with van der Waals surface area (Å²) in [6, 6.07) is 0.0293. The molecule has 5 heteroatoms. The number of hydrogen-bond donors (Lipinski definition) is 3. The summed E-state index contributed by atoms with van der Waals surface area (Å²) in [6.45, 7) is 6.97. The minimum Gasteiger partial charge on any atom is -0.355 e. The summed E-state index contributed by atoms with van der Waals surface area (Å²) in [5.41, 5.74) is 0. The molecule has 1 fully saturated rings. The lowest BCUT2D eigenvalue weighted by atomic mass is 9.94. The van der Waals surface area contributed by atoms with Crippen molar-refractivity contribution in [2.75, 3.05) is 13.1 Å². The molecule has 0 aromatic rings. The van der Waals surface area contributed by atoms with Crippen LogP contribution in [0.1, 0.15) is 33.6 Å². The molecule has 1 aliphatic heterocycles. The number of carbonyl (C=O) groups is 2. The van der Waals surface area contributed by atoms with Gasteiger partial charge in [-0.3, -0.25) is 9.59 Å². The lowest BCUT2D eigenvalue weighted by molar-refractivity contribution is -0.131. The lowest BCUT2D eigenvalue weighted by Gasteiger charge is -2.27. The van der Waals surface area contributed by atoms with Gasteiger partial charge in [-0.2, -0.15) is 0 Å². The Labute approximate surface area is 103 Å². The number of likely N-dealkylation sites (N-methyl/N-ethyl adjacent to an activating group) is 1. The van der Waals surface area contributed by atoms with Crippen molar-refractivity contribution in [2.24, 2.45) is 5.92 Å². The number of piperidine rings is 1. The molecule has 0 spiro atoms. The van der Waals surface area contributed by atoms with Crippen molar-refractivity contribution < 1.29 is 9.59 Å². The zero-order valence-electron chi connectivity index (χ0n) is 10.9. The first-order valence-electron chi connectivity index (χ1n) is 6.36. The predicted molar refractivity (Wildman–Crippen MR) is 66.5 cm³/mol. The van der Waals surface area contributed by atoms with E-state index in [1.54, 1.807) is 6.92 Å². The van der Waals surface area contributed by atoms with Gasteiger partial charge in [0.2, 0.25) is 11.8 Å². The zero-order chi connectivity index (χ0) is 12.8. The molecule has 0 aromatic carbocycles. The zero-order valence-corrected chi connectivity index (χ0v) is 10.9. The highest BCUT2D eigenvalue weighted by molar-refractivity contribution is 5.88. The molecule has 1 saturated heterocycles. The highest BCUT2D eigenvalue weighted by Crippen LogP contribution is 2.14. The third kappa shape index (κ3) is 4.34. The fourth-order valence-electron chi connectivity index (χ4n) is 1.95. The van der Waals surface area contributed by atoms with Gasteiger partial charge in [-0.1, -0.05) is 0 Å². The third-order valence-electron chi connectivity index (χ3n) is 3.13. The molecule has 0 radical (unpaired) electrons. The minimum absolute atomic E-state index is 0.0110. The van der Waals surface area contributed by atoms with Crippen molar-refractivity contribution in [3.05, 3.63) is 0 Å². The predicted octanol–water partition coefficient (Wildman–Crippen LogP) is 0.0153. The van der Waals surface area contributed by atoms with E-state index in [0.717, 1.165) is 12.8 Å². The quantitative estimate of drug-likeness (QED) is 0.649. The van der Waals surface area contributed by atoms with Crippen LogP contribution in [0, 0.1) is 5.92 Å². The van der Waals surface area contributed by atoms with Crippen LogP contribution < -0.4 is 16.0 Å². The second-order valence-corrected chi connectivity index (χ2v) is 4.71. The van der Waals surface area contributed by atoms with Crippen molar-refractivity contribution in [3.63, 3.8) is 0 Å². The molecular weight excluding hydrogens is 218 g/mol. The smallest absolute Gasteiger partial charge is 0.242 e. The van der Waals surface area contributed by atoms with Gasteiger partial charge in [0.1, 0.15) is 6.04 Å². The van der Waals surface area contributed by atoms with Crippen molar-refractivity contribution in [3.8, 4) is 0 Å². The summed E-state index contributed by atoms with van der Waals surface area (Å²) >= 11 is 0. The van der Waals surface area contributed by atoms with Gasteiger partial charge < -0.3 is 16.0 Å². The average Bonchev–Trinajstić information content (AvgIpc) is 2.30. The number of rotatable bonds is 4. The minimum atomic E-state index is -0.457. The third-order valence-corrected chi connectivity index (χ3v) is 3.13. The van der Waals surface area contributed by atoms with Crippen molar-refractivity contribution in [2.45, 2.75) is 45.7 Å². The summed E-state index contributed by atoms with van der Waals surface area (Å²) in [6.07, 6.45) is 1.90. The van der Waals surface area contributed by atoms with E-state index in [4.69, 9.17) is 0 Å². The van der Waals surface area contributed by atoms with E-state index >= 15 is 0 Å². The van der Waals surface area contributed by atoms with Gasteiger partial charge >= 0.3 is 0 Å². The van der Waals surface area contributed by atoms with Gasteiger partial charge in [0.15, 0.2) is 0 Å². The average molecular weight is 241 g/mol. The molecule has 17 heavy (non-hydrogen) atoms. The van der Waals surface area contributed by atoms with Crippen LogP contribution in [0.4, 0.5) is 0 Å². The highest BCUT2D eigenvalue weighted by Gasteiger charge is 2.25. The van der Waals surface area contributed by atoms with E-state index in [2.05, 4.69) is 22.9 Å². The lowest BCUT2D eigenvalue weighted by Crippen LogP contribution is -2.50. The summed E-state index contributed by atoms with van der Waals surface area (Å²) in [7, 11) is 0. The SMILES string of the molecule is CCNC(=O)C(C)NC(=O)C1CCC(C)NC1. The van der Waals surface area contributed by atoms with Crippen molar-refractivity contribution >= 4 is 11.8 Å². The number of amides is 2. The van der Waals surface area contributed by atoms with Crippen LogP contribution in [-0.2, 0) is 9.59 Å². The Balaban J connectivity index is 2.35. The van der Waals surface area contributed by atoms with E-state index in [1.807, 2.05) is 6.92 Å².